The van der Waals surface area contributed by atoms with Gasteiger partial charge in [-0.1, -0.05) is 52.4 Å². The summed E-state index contributed by atoms with van der Waals surface area (Å²) in [5, 5.41) is 0. The Labute approximate surface area is 78.8 Å². The molecule has 12 heavy (non-hydrogen) atoms. The second kappa shape index (κ2) is 11.0. The largest absolute Gasteiger partial charge is 0.0654 e. The van der Waals surface area contributed by atoms with Crippen LogP contribution in [0.3, 0.4) is 0 Å². The highest BCUT2D eigenvalue weighted by Gasteiger charge is 1.90. The molecule has 0 amide bonds. The van der Waals surface area contributed by atoms with Crippen molar-refractivity contribution in [1.82, 2.24) is 0 Å². The van der Waals surface area contributed by atoms with Crippen LogP contribution in [-0.4, -0.2) is 0 Å². The quantitative estimate of drug-likeness (QED) is 0.443. The van der Waals surface area contributed by atoms with Gasteiger partial charge in [-0.2, -0.15) is 0 Å². The summed E-state index contributed by atoms with van der Waals surface area (Å²) in [5.41, 5.74) is 0. The molecule has 0 aromatic carbocycles. The van der Waals surface area contributed by atoms with Crippen molar-refractivity contribution in [2.24, 2.45) is 0 Å². The van der Waals surface area contributed by atoms with Crippen molar-refractivity contribution in [2.75, 3.05) is 0 Å². The molecule has 0 saturated heterocycles. The third-order valence-electron chi connectivity index (χ3n) is 2.13. The molecule has 0 aromatic rings. The van der Waals surface area contributed by atoms with Crippen LogP contribution in [0.4, 0.5) is 0 Å². The van der Waals surface area contributed by atoms with Gasteiger partial charge in [-0.25, -0.2) is 0 Å². The number of hydrogen-bond donors (Lipinski definition) is 0. The molecule has 0 fully saturated rings. The van der Waals surface area contributed by atoms with Crippen LogP contribution in [0.25, 0.3) is 0 Å². The van der Waals surface area contributed by atoms with Crippen molar-refractivity contribution in [3.8, 4) is 0 Å². The van der Waals surface area contributed by atoms with Crippen molar-refractivity contribution < 1.29 is 0 Å². The average Bonchev–Trinajstić information content (AvgIpc) is 2.10. The molecule has 0 bridgehead atoms. The molecule has 0 N–H and O–H groups in total. The molecule has 2 radical (unpaired) electrons. The lowest BCUT2D eigenvalue weighted by molar-refractivity contribution is 0.649. The van der Waals surface area contributed by atoms with Gasteiger partial charge in [-0.05, 0) is 25.7 Å². The van der Waals surface area contributed by atoms with Gasteiger partial charge in [0.1, 0.15) is 0 Å². The fourth-order valence-electron chi connectivity index (χ4n) is 1.30. The lowest BCUT2D eigenvalue weighted by atomic mass is 10.1. The van der Waals surface area contributed by atoms with Crippen LogP contribution in [0.15, 0.2) is 0 Å². The first-order valence-electron chi connectivity index (χ1n) is 5.55. The zero-order valence-corrected chi connectivity index (χ0v) is 8.81. The van der Waals surface area contributed by atoms with E-state index in [1.165, 1.54) is 51.4 Å². The van der Waals surface area contributed by atoms with Crippen molar-refractivity contribution in [2.45, 2.75) is 65.2 Å². The summed E-state index contributed by atoms with van der Waals surface area (Å²) in [7, 11) is 0. The van der Waals surface area contributed by atoms with Gasteiger partial charge >= 0.3 is 0 Å². The second-order valence-electron chi connectivity index (χ2n) is 3.41. The third-order valence-corrected chi connectivity index (χ3v) is 2.13. The summed E-state index contributed by atoms with van der Waals surface area (Å²) >= 11 is 0. The van der Waals surface area contributed by atoms with Gasteiger partial charge in [0, 0.05) is 0 Å². The maximum atomic E-state index is 2.45. The highest BCUT2D eigenvalue weighted by Crippen LogP contribution is 2.08. The standard InChI is InChI=1S/C12H24/c1-3-5-7-9-11-12-10-8-6-4-2/h5,11H,3-4,6-10,12H2,1-2H3. The van der Waals surface area contributed by atoms with E-state index in [4.69, 9.17) is 0 Å². The zero-order chi connectivity index (χ0) is 9.07. The molecule has 0 spiro atoms. The van der Waals surface area contributed by atoms with Crippen LogP contribution >= 0.6 is 0 Å². The first kappa shape index (κ1) is 12.0. The third kappa shape index (κ3) is 10.0. The molecule has 0 heteroatoms. The molecule has 72 valence electrons. The van der Waals surface area contributed by atoms with Crippen molar-refractivity contribution in [3.63, 3.8) is 0 Å². The van der Waals surface area contributed by atoms with Gasteiger partial charge in [0.2, 0.25) is 0 Å². The Morgan fingerprint density at radius 1 is 0.750 bits per heavy atom. The topological polar surface area (TPSA) is 0 Å². The van der Waals surface area contributed by atoms with Gasteiger partial charge < -0.3 is 0 Å². The molecular weight excluding hydrogens is 144 g/mol. The molecule has 0 aliphatic rings. The monoisotopic (exact) mass is 168 g/mol. The van der Waals surface area contributed by atoms with E-state index < -0.39 is 0 Å². The fraction of sp³-hybridized carbons (Fsp3) is 0.833. The van der Waals surface area contributed by atoms with Gasteiger partial charge in [-0.15, -0.1) is 0 Å². The van der Waals surface area contributed by atoms with E-state index in [2.05, 4.69) is 26.7 Å². The first-order valence-corrected chi connectivity index (χ1v) is 5.55. The van der Waals surface area contributed by atoms with E-state index in [1.54, 1.807) is 0 Å². The Morgan fingerprint density at radius 3 is 2.17 bits per heavy atom. The Hall–Kier alpha value is 0. The highest BCUT2D eigenvalue weighted by molar-refractivity contribution is 4.70. The Morgan fingerprint density at radius 2 is 1.50 bits per heavy atom. The summed E-state index contributed by atoms with van der Waals surface area (Å²) in [6.45, 7) is 4.47. The number of hydrogen-bond acceptors (Lipinski definition) is 0. The van der Waals surface area contributed by atoms with E-state index in [1.807, 2.05) is 0 Å². The van der Waals surface area contributed by atoms with Crippen LogP contribution in [0.2, 0.25) is 0 Å². The Kier molecular flexibility index (Phi) is 11.0. The summed E-state index contributed by atoms with van der Waals surface area (Å²) in [6.07, 6.45) is 15.5. The Balaban J connectivity index is 2.73. The SMILES string of the molecule is CC[CH]CC[CH]CCCCCC. The van der Waals surface area contributed by atoms with Crippen LogP contribution in [0.5, 0.6) is 0 Å². The van der Waals surface area contributed by atoms with Gasteiger partial charge in [-0.3, -0.25) is 0 Å². The average molecular weight is 168 g/mol. The van der Waals surface area contributed by atoms with E-state index in [-0.39, 0.29) is 0 Å². The fourth-order valence-corrected chi connectivity index (χ4v) is 1.30. The van der Waals surface area contributed by atoms with E-state index in [0.29, 0.717) is 0 Å². The molecule has 0 unspecified atom stereocenters. The van der Waals surface area contributed by atoms with E-state index in [9.17, 15) is 0 Å². The van der Waals surface area contributed by atoms with E-state index in [0.717, 1.165) is 0 Å². The maximum absolute atomic E-state index is 2.45. The van der Waals surface area contributed by atoms with Gasteiger partial charge in [0.15, 0.2) is 0 Å². The van der Waals surface area contributed by atoms with E-state index >= 15 is 0 Å². The molecule has 0 nitrogen and oxygen atoms in total. The molecule has 0 heterocycles. The number of rotatable bonds is 9. The molecule has 0 aromatic heterocycles. The maximum Gasteiger partial charge on any atom is -0.0386 e. The predicted molar refractivity (Wildman–Crippen MR) is 56.9 cm³/mol. The number of unbranched alkanes of at least 4 members (excludes halogenated alkanes) is 9. The molecule has 0 aliphatic carbocycles. The Bertz CT molecular complexity index is 56.4. The second-order valence-corrected chi connectivity index (χ2v) is 3.41. The summed E-state index contributed by atoms with van der Waals surface area (Å²) in [5.74, 6) is 0. The minimum Gasteiger partial charge on any atom is -0.0654 e. The smallest absolute Gasteiger partial charge is 0.0386 e. The summed E-state index contributed by atoms with van der Waals surface area (Å²) in [6, 6.07) is 0. The van der Waals surface area contributed by atoms with Crippen LogP contribution in [-0.2, 0) is 0 Å². The highest BCUT2D eigenvalue weighted by atomic mass is 14.0. The first-order chi connectivity index (χ1) is 5.91. The predicted octanol–water partition coefficient (Wildman–Crippen LogP) is 4.56. The molecule has 0 saturated carbocycles. The van der Waals surface area contributed by atoms with Gasteiger partial charge in [0.25, 0.3) is 0 Å². The van der Waals surface area contributed by atoms with Crippen LogP contribution in [0.1, 0.15) is 65.2 Å². The van der Waals surface area contributed by atoms with Gasteiger partial charge in [0.05, 0.1) is 0 Å². The molecular formula is C12H24. The zero-order valence-electron chi connectivity index (χ0n) is 8.81. The normalized spacial score (nSPS) is 10.5. The van der Waals surface area contributed by atoms with Crippen LogP contribution < -0.4 is 0 Å². The van der Waals surface area contributed by atoms with Crippen molar-refractivity contribution >= 4 is 0 Å². The molecule has 0 atom stereocenters. The van der Waals surface area contributed by atoms with Crippen LogP contribution in [0, 0.1) is 12.8 Å². The minimum atomic E-state index is 1.23. The summed E-state index contributed by atoms with van der Waals surface area (Å²) < 4.78 is 0. The minimum absolute atomic E-state index is 1.23. The summed E-state index contributed by atoms with van der Waals surface area (Å²) in [4.78, 5) is 0. The molecule has 0 aliphatic heterocycles. The van der Waals surface area contributed by atoms with Crippen molar-refractivity contribution in [3.05, 3.63) is 12.8 Å². The lowest BCUT2D eigenvalue weighted by Crippen LogP contribution is -1.81. The molecule has 0 rings (SSSR count). The lowest BCUT2D eigenvalue weighted by Gasteiger charge is -1.99. The van der Waals surface area contributed by atoms with Crippen molar-refractivity contribution in [1.29, 1.82) is 0 Å².